The normalized spacial score (nSPS) is 16.5. The van der Waals surface area contributed by atoms with Crippen molar-refractivity contribution in [3.8, 4) is 11.1 Å². The SMILES string of the molecule is Clc1ccc(-c2ccc(C3=NC[C@H](c4ccccc4)O3)cc2)cc1. The molecule has 1 aliphatic heterocycles. The second-order valence-corrected chi connectivity index (χ2v) is 6.18. The van der Waals surface area contributed by atoms with Crippen LogP contribution >= 0.6 is 11.6 Å². The van der Waals surface area contributed by atoms with Gasteiger partial charge in [-0.25, -0.2) is 4.99 Å². The Morgan fingerprint density at radius 3 is 2.00 bits per heavy atom. The molecule has 0 spiro atoms. The number of halogens is 1. The predicted molar refractivity (Wildman–Crippen MR) is 98.6 cm³/mol. The number of hydrogen-bond donors (Lipinski definition) is 0. The van der Waals surface area contributed by atoms with E-state index in [0.29, 0.717) is 12.4 Å². The molecule has 0 N–H and O–H groups in total. The van der Waals surface area contributed by atoms with E-state index in [0.717, 1.165) is 27.3 Å². The van der Waals surface area contributed by atoms with Crippen LogP contribution in [0.3, 0.4) is 0 Å². The molecule has 0 amide bonds. The van der Waals surface area contributed by atoms with Crippen molar-refractivity contribution in [3.05, 3.63) is 95.0 Å². The summed E-state index contributed by atoms with van der Waals surface area (Å²) in [5.74, 6) is 0.714. The average molecular weight is 334 g/mol. The third kappa shape index (κ3) is 3.06. The standard InChI is InChI=1S/C21H16ClNO/c22-19-12-10-16(11-13-19)15-6-8-18(9-7-15)21-23-14-20(24-21)17-4-2-1-3-5-17/h1-13,20H,14H2/t20-/m1/s1. The highest BCUT2D eigenvalue weighted by atomic mass is 35.5. The molecule has 3 aromatic carbocycles. The summed E-state index contributed by atoms with van der Waals surface area (Å²) in [6.45, 7) is 0.665. The van der Waals surface area contributed by atoms with Gasteiger partial charge in [-0.2, -0.15) is 0 Å². The van der Waals surface area contributed by atoms with Crippen molar-refractivity contribution in [2.24, 2.45) is 4.99 Å². The van der Waals surface area contributed by atoms with Crippen molar-refractivity contribution in [2.45, 2.75) is 6.10 Å². The van der Waals surface area contributed by atoms with Crippen LogP contribution in [0.15, 0.2) is 83.9 Å². The van der Waals surface area contributed by atoms with Crippen LogP contribution in [0.5, 0.6) is 0 Å². The zero-order valence-electron chi connectivity index (χ0n) is 13.0. The third-order valence-corrected chi connectivity index (χ3v) is 4.39. The van der Waals surface area contributed by atoms with Crippen LogP contribution in [0.2, 0.25) is 5.02 Å². The Kier molecular flexibility index (Phi) is 4.06. The lowest BCUT2D eigenvalue weighted by Crippen LogP contribution is -2.06. The second kappa shape index (κ2) is 6.50. The van der Waals surface area contributed by atoms with Crippen molar-refractivity contribution in [1.29, 1.82) is 0 Å². The first-order chi connectivity index (χ1) is 11.8. The molecule has 0 aromatic heterocycles. The van der Waals surface area contributed by atoms with Gasteiger partial charge in [0.2, 0.25) is 5.90 Å². The lowest BCUT2D eigenvalue weighted by molar-refractivity contribution is 0.230. The van der Waals surface area contributed by atoms with Crippen molar-refractivity contribution in [3.63, 3.8) is 0 Å². The van der Waals surface area contributed by atoms with E-state index in [-0.39, 0.29) is 6.10 Å². The van der Waals surface area contributed by atoms with E-state index in [4.69, 9.17) is 16.3 Å². The molecule has 24 heavy (non-hydrogen) atoms. The number of rotatable bonds is 3. The van der Waals surface area contributed by atoms with Crippen molar-refractivity contribution >= 4 is 17.5 Å². The fourth-order valence-corrected chi connectivity index (χ4v) is 2.95. The summed E-state index contributed by atoms with van der Waals surface area (Å²) in [6.07, 6.45) is 0.0112. The first kappa shape index (κ1) is 15.0. The van der Waals surface area contributed by atoms with E-state index >= 15 is 0 Å². The smallest absolute Gasteiger partial charge is 0.216 e. The number of benzene rings is 3. The molecule has 0 unspecified atom stereocenters. The van der Waals surface area contributed by atoms with Gasteiger partial charge in [0.05, 0.1) is 6.54 Å². The summed E-state index contributed by atoms with van der Waals surface area (Å²) >= 11 is 5.94. The van der Waals surface area contributed by atoms with Gasteiger partial charge in [0.15, 0.2) is 0 Å². The highest BCUT2D eigenvalue weighted by Gasteiger charge is 2.22. The molecule has 3 aromatic rings. The highest BCUT2D eigenvalue weighted by molar-refractivity contribution is 6.30. The van der Waals surface area contributed by atoms with Gasteiger partial charge in [0, 0.05) is 10.6 Å². The minimum atomic E-state index is 0.0112. The van der Waals surface area contributed by atoms with Gasteiger partial charge >= 0.3 is 0 Å². The molecule has 1 atom stereocenters. The van der Waals surface area contributed by atoms with Gasteiger partial charge in [0.25, 0.3) is 0 Å². The molecule has 1 heterocycles. The van der Waals surface area contributed by atoms with Gasteiger partial charge in [-0.05, 0) is 41.0 Å². The molecule has 0 radical (unpaired) electrons. The van der Waals surface area contributed by atoms with Crippen LogP contribution in [0.4, 0.5) is 0 Å². The van der Waals surface area contributed by atoms with E-state index in [2.05, 4.69) is 41.4 Å². The number of nitrogens with zero attached hydrogens (tertiary/aromatic N) is 1. The summed E-state index contributed by atoms with van der Waals surface area (Å²) in [5, 5.41) is 0.746. The molecule has 0 aliphatic carbocycles. The van der Waals surface area contributed by atoms with Crippen molar-refractivity contribution in [1.82, 2.24) is 0 Å². The summed E-state index contributed by atoms with van der Waals surface area (Å²) < 4.78 is 6.03. The molecule has 0 saturated heterocycles. The van der Waals surface area contributed by atoms with Gasteiger partial charge < -0.3 is 4.74 Å². The van der Waals surface area contributed by atoms with Crippen LogP contribution in [0.1, 0.15) is 17.2 Å². The van der Waals surface area contributed by atoms with Crippen LogP contribution in [-0.4, -0.2) is 12.4 Å². The van der Waals surface area contributed by atoms with Gasteiger partial charge in [-0.15, -0.1) is 0 Å². The molecule has 0 saturated carbocycles. The Labute approximate surface area is 146 Å². The summed E-state index contributed by atoms with van der Waals surface area (Å²) in [4.78, 5) is 4.55. The lowest BCUT2D eigenvalue weighted by Gasteiger charge is -2.11. The van der Waals surface area contributed by atoms with Crippen LogP contribution in [0.25, 0.3) is 11.1 Å². The molecular formula is C21H16ClNO. The Morgan fingerprint density at radius 2 is 1.33 bits per heavy atom. The molecule has 0 bridgehead atoms. The quantitative estimate of drug-likeness (QED) is 0.618. The van der Waals surface area contributed by atoms with E-state index < -0.39 is 0 Å². The summed E-state index contributed by atoms with van der Waals surface area (Å²) in [7, 11) is 0. The maximum Gasteiger partial charge on any atom is 0.216 e. The second-order valence-electron chi connectivity index (χ2n) is 5.75. The van der Waals surface area contributed by atoms with Gasteiger partial charge in [-0.3, -0.25) is 0 Å². The van der Waals surface area contributed by atoms with E-state index in [1.54, 1.807) is 0 Å². The lowest BCUT2D eigenvalue weighted by atomic mass is 10.0. The molecule has 0 fully saturated rings. The number of aliphatic imine (C=N–C) groups is 1. The minimum absolute atomic E-state index is 0.0112. The van der Waals surface area contributed by atoms with E-state index in [9.17, 15) is 0 Å². The first-order valence-corrected chi connectivity index (χ1v) is 8.30. The Bertz CT molecular complexity index is 855. The molecule has 2 nitrogen and oxygen atoms in total. The molecule has 4 rings (SSSR count). The summed E-state index contributed by atoms with van der Waals surface area (Å²) in [5.41, 5.74) is 4.45. The predicted octanol–water partition coefficient (Wildman–Crippen LogP) is 5.53. The topological polar surface area (TPSA) is 21.6 Å². The monoisotopic (exact) mass is 333 g/mol. The van der Waals surface area contributed by atoms with Crippen molar-refractivity contribution in [2.75, 3.05) is 6.54 Å². The zero-order chi connectivity index (χ0) is 16.4. The molecular weight excluding hydrogens is 318 g/mol. The molecule has 1 aliphatic rings. The number of ether oxygens (including phenoxy) is 1. The maximum absolute atomic E-state index is 6.03. The van der Waals surface area contributed by atoms with E-state index in [1.165, 1.54) is 0 Å². The Morgan fingerprint density at radius 1 is 0.750 bits per heavy atom. The highest BCUT2D eigenvalue weighted by Crippen LogP contribution is 2.27. The molecule has 118 valence electrons. The third-order valence-electron chi connectivity index (χ3n) is 4.14. The maximum atomic E-state index is 6.03. The Hall–Kier alpha value is -2.58. The minimum Gasteiger partial charge on any atom is -0.467 e. The number of hydrogen-bond acceptors (Lipinski definition) is 2. The van der Waals surface area contributed by atoms with Gasteiger partial charge in [-0.1, -0.05) is 66.2 Å². The fraction of sp³-hybridized carbons (Fsp3) is 0.0952. The van der Waals surface area contributed by atoms with Crippen LogP contribution in [0, 0.1) is 0 Å². The average Bonchev–Trinajstić information content (AvgIpc) is 3.13. The largest absolute Gasteiger partial charge is 0.467 e. The fourth-order valence-electron chi connectivity index (χ4n) is 2.82. The zero-order valence-corrected chi connectivity index (χ0v) is 13.8. The van der Waals surface area contributed by atoms with E-state index in [1.807, 2.05) is 42.5 Å². The van der Waals surface area contributed by atoms with Crippen LogP contribution < -0.4 is 0 Å². The van der Waals surface area contributed by atoms with Crippen LogP contribution in [-0.2, 0) is 4.74 Å². The van der Waals surface area contributed by atoms with Gasteiger partial charge in [0.1, 0.15) is 6.10 Å². The summed E-state index contributed by atoms with van der Waals surface area (Å²) in [6, 6.07) is 26.3. The van der Waals surface area contributed by atoms with Crippen molar-refractivity contribution < 1.29 is 4.74 Å². The Balaban J connectivity index is 1.51. The molecule has 3 heteroatoms. The first-order valence-electron chi connectivity index (χ1n) is 7.92.